The minimum Gasteiger partial charge on any atom is -0.336 e. The molecule has 1 atom stereocenters. The molecule has 0 unspecified atom stereocenters. The second-order valence-electron chi connectivity index (χ2n) is 5.10. The average molecular weight is 335 g/mol. The predicted molar refractivity (Wildman–Crippen MR) is 78.3 cm³/mol. The van der Waals surface area contributed by atoms with Crippen LogP contribution >= 0.6 is 11.6 Å². The number of hydrogen-bond acceptors (Lipinski definition) is 3. The van der Waals surface area contributed by atoms with Crippen molar-refractivity contribution in [3.8, 4) is 0 Å². The van der Waals surface area contributed by atoms with Gasteiger partial charge in [0, 0.05) is 31.2 Å². The Morgan fingerprint density at radius 3 is 2.57 bits per heavy atom. The smallest absolute Gasteiger partial charge is 0.254 e. The number of sulfonamides is 1. The van der Waals surface area contributed by atoms with Gasteiger partial charge in [-0.2, -0.15) is 4.31 Å². The largest absolute Gasteiger partial charge is 0.336 e. The Kier molecular flexibility index (Phi) is 4.55. The van der Waals surface area contributed by atoms with E-state index in [4.69, 9.17) is 11.6 Å². The van der Waals surface area contributed by atoms with Gasteiger partial charge in [-0.05, 0) is 25.1 Å². The summed E-state index contributed by atoms with van der Waals surface area (Å²) in [6, 6.07) is 3.50. The molecule has 1 aromatic carbocycles. The zero-order valence-electron chi connectivity index (χ0n) is 11.7. The Balaban J connectivity index is 2.14. The van der Waals surface area contributed by atoms with E-state index in [2.05, 4.69) is 0 Å². The fourth-order valence-corrected chi connectivity index (χ4v) is 3.74. The number of benzene rings is 1. The van der Waals surface area contributed by atoms with E-state index in [1.807, 2.05) is 0 Å². The molecule has 0 aromatic heterocycles. The molecule has 2 rings (SSSR count). The maximum Gasteiger partial charge on any atom is 0.254 e. The van der Waals surface area contributed by atoms with Crippen LogP contribution in [0.15, 0.2) is 18.2 Å². The number of carbonyl (C=O) groups excluding carboxylic acids is 1. The third kappa shape index (κ3) is 3.53. The Hall–Kier alpha value is -1.18. The Bertz CT molecular complexity index is 665. The van der Waals surface area contributed by atoms with Gasteiger partial charge in [-0.3, -0.25) is 4.79 Å². The topological polar surface area (TPSA) is 57.7 Å². The molecule has 1 amide bonds. The summed E-state index contributed by atoms with van der Waals surface area (Å²) >= 11 is 5.68. The quantitative estimate of drug-likeness (QED) is 0.825. The van der Waals surface area contributed by atoms with Crippen molar-refractivity contribution in [2.75, 3.05) is 25.9 Å². The highest BCUT2D eigenvalue weighted by atomic mass is 35.5. The van der Waals surface area contributed by atoms with Crippen LogP contribution in [0.3, 0.4) is 0 Å². The maximum atomic E-state index is 13.1. The third-order valence-electron chi connectivity index (χ3n) is 3.45. The molecule has 1 aliphatic rings. The molecule has 0 aliphatic carbocycles. The highest BCUT2D eigenvalue weighted by Gasteiger charge is 2.32. The molecule has 1 heterocycles. The van der Waals surface area contributed by atoms with Crippen LogP contribution in [0.2, 0.25) is 5.02 Å². The lowest BCUT2D eigenvalue weighted by molar-refractivity contribution is 0.0643. The normalized spacial score (nSPS) is 20.6. The van der Waals surface area contributed by atoms with Gasteiger partial charge in [-0.1, -0.05) is 11.6 Å². The molecule has 1 aliphatic heterocycles. The van der Waals surface area contributed by atoms with Gasteiger partial charge in [0.2, 0.25) is 10.0 Å². The fourth-order valence-electron chi connectivity index (χ4n) is 2.43. The standard InChI is InChI=1S/C13H16ClFN2O3S/c1-9-8-16(5-6-17(9)21(2,19)20)13(18)10-3-4-12(15)11(14)7-10/h3-4,7,9H,5-6,8H2,1-2H3/t9-/m0/s1. The molecule has 1 saturated heterocycles. The van der Waals surface area contributed by atoms with Crippen LogP contribution in [0.5, 0.6) is 0 Å². The van der Waals surface area contributed by atoms with E-state index in [9.17, 15) is 17.6 Å². The highest BCUT2D eigenvalue weighted by Crippen LogP contribution is 2.19. The summed E-state index contributed by atoms with van der Waals surface area (Å²) < 4.78 is 37.7. The van der Waals surface area contributed by atoms with E-state index in [0.29, 0.717) is 18.7 Å². The summed E-state index contributed by atoms with van der Waals surface area (Å²) in [5.41, 5.74) is 0.293. The Labute approximate surface area is 128 Å². The van der Waals surface area contributed by atoms with Crippen LogP contribution < -0.4 is 0 Å². The maximum absolute atomic E-state index is 13.1. The van der Waals surface area contributed by atoms with Crippen molar-refractivity contribution < 1.29 is 17.6 Å². The lowest BCUT2D eigenvalue weighted by Crippen LogP contribution is -2.55. The van der Waals surface area contributed by atoms with Crippen LogP contribution in [-0.4, -0.2) is 55.5 Å². The van der Waals surface area contributed by atoms with Crippen LogP contribution in [0.25, 0.3) is 0 Å². The van der Waals surface area contributed by atoms with Gasteiger partial charge >= 0.3 is 0 Å². The second-order valence-corrected chi connectivity index (χ2v) is 7.45. The third-order valence-corrected chi connectivity index (χ3v) is 5.13. The van der Waals surface area contributed by atoms with Gasteiger partial charge in [-0.25, -0.2) is 12.8 Å². The lowest BCUT2D eigenvalue weighted by atomic mass is 10.1. The summed E-state index contributed by atoms with van der Waals surface area (Å²) in [7, 11) is -3.28. The van der Waals surface area contributed by atoms with Gasteiger partial charge in [0.15, 0.2) is 0 Å². The van der Waals surface area contributed by atoms with Crippen LogP contribution in [-0.2, 0) is 10.0 Å². The first kappa shape index (κ1) is 16.2. The van der Waals surface area contributed by atoms with E-state index in [1.54, 1.807) is 11.8 Å². The molecule has 5 nitrogen and oxygen atoms in total. The zero-order chi connectivity index (χ0) is 15.8. The first-order valence-corrected chi connectivity index (χ1v) is 8.64. The first-order valence-electron chi connectivity index (χ1n) is 6.41. The summed E-state index contributed by atoms with van der Waals surface area (Å²) in [4.78, 5) is 13.9. The summed E-state index contributed by atoms with van der Waals surface area (Å²) in [5, 5.41) is -0.108. The van der Waals surface area contributed by atoms with Crippen molar-refractivity contribution in [1.29, 1.82) is 0 Å². The monoisotopic (exact) mass is 334 g/mol. The molecule has 0 radical (unpaired) electrons. The van der Waals surface area contributed by atoms with E-state index in [1.165, 1.54) is 16.4 Å². The molecule has 0 N–H and O–H groups in total. The van der Waals surface area contributed by atoms with Crippen LogP contribution in [0, 0.1) is 5.82 Å². The second kappa shape index (κ2) is 5.90. The SMILES string of the molecule is C[C@H]1CN(C(=O)c2ccc(F)c(Cl)c2)CCN1S(C)(=O)=O. The number of amides is 1. The molecule has 21 heavy (non-hydrogen) atoms. The van der Waals surface area contributed by atoms with Crippen molar-refractivity contribution >= 4 is 27.5 Å². The predicted octanol–water partition coefficient (Wildman–Crippen LogP) is 1.58. The molecule has 0 bridgehead atoms. The van der Waals surface area contributed by atoms with Crippen LogP contribution in [0.4, 0.5) is 4.39 Å². The van der Waals surface area contributed by atoms with Gasteiger partial charge in [0.25, 0.3) is 5.91 Å². The molecular weight excluding hydrogens is 319 g/mol. The number of piperazine rings is 1. The molecule has 0 saturated carbocycles. The lowest BCUT2D eigenvalue weighted by Gasteiger charge is -2.38. The number of nitrogens with zero attached hydrogens (tertiary/aromatic N) is 2. The minimum absolute atomic E-state index is 0.108. The van der Waals surface area contributed by atoms with Crippen molar-refractivity contribution in [2.24, 2.45) is 0 Å². The molecule has 0 spiro atoms. The molecular formula is C13H16ClFN2O3S. The first-order chi connectivity index (χ1) is 9.70. The summed E-state index contributed by atoms with van der Waals surface area (Å²) in [5.74, 6) is -0.861. The molecule has 116 valence electrons. The Morgan fingerprint density at radius 1 is 1.38 bits per heavy atom. The Morgan fingerprint density at radius 2 is 2.05 bits per heavy atom. The zero-order valence-corrected chi connectivity index (χ0v) is 13.3. The summed E-state index contributed by atoms with van der Waals surface area (Å²) in [6.07, 6.45) is 1.15. The van der Waals surface area contributed by atoms with E-state index >= 15 is 0 Å². The number of rotatable bonds is 2. The van der Waals surface area contributed by atoms with Gasteiger partial charge < -0.3 is 4.90 Å². The fraction of sp³-hybridized carbons (Fsp3) is 0.462. The van der Waals surface area contributed by atoms with Crippen molar-refractivity contribution in [3.63, 3.8) is 0 Å². The van der Waals surface area contributed by atoms with Gasteiger partial charge in [0.1, 0.15) is 5.82 Å². The molecule has 1 aromatic rings. The molecule has 1 fully saturated rings. The van der Waals surface area contributed by atoms with Crippen molar-refractivity contribution in [1.82, 2.24) is 9.21 Å². The highest BCUT2D eigenvalue weighted by molar-refractivity contribution is 7.88. The molecule has 8 heteroatoms. The van der Waals surface area contributed by atoms with Crippen LogP contribution in [0.1, 0.15) is 17.3 Å². The summed E-state index contributed by atoms with van der Waals surface area (Å²) in [6.45, 7) is 2.59. The number of hydrogen-bond donors (Lipinski definition) is 0. The van der Waals surface area contributed by atoms with Crippen molar-refractivity contribution in [2.45, 2.75) is 13.0 Å². The number of carbonyl (C=O) groups is 1. The average Bonchev–Trinajstić information content (AvgIpc) is 2.39. The minimum atomic E-state index is -3.28. The number of halogens is 2. The van der Waals surface area contributed by atoms with Gasteiger partial charge in [-0.15, -0.1) is 0 Å². The van der Waals surface area contributed by atoms with Crippen molar-refractivity contribution in [3.05, 3.63) is 34.6 Å². The van der Waals surface area contributed by atoms with E-state index in [-0.39, 0.29) is 23.5 Å². The van der Waals surface area contributed by atoms with E-state index < -0.39 is 15.8 Å². The van der Waals surface area contributed by atoms with E-state index in [0.717, 1.165) is 12.3 Å². The van der Waals surface area contributed by atoms with Gasteiger partial charge in [0.05, 0.1) is 11.3 Å².